The van der Waals surface area contributed by atoms with Crippen molar-refractivity contribution >= 4 is 58.2 Å². The number of halogens is 1. The Balaban J connectivity index is 1.45. The van der Waals surface area contributed by atoms with Gasteiger partial charge in [-0.3, -0.25) is 9.59 Å². The van der Waals surface area contributed by atoms with Gasteiger partial charge < -0.3 is 25.2 Å². The molecule has 4 rings (SSSR count). The number of ether oxygens (including phenoxy) is 2. The third-order valence-corrected chi connectivity index (χ3v) is 6.55. The van der Waals surface area contributed by atoms with E-state index in [1.807, 2.05) is 19.1 Å². The minimum Gasteiger partial charge on any atom is -0.493 e. The van der Waals surface area contributed by atoms with Crippen LogP contribution in [0.25, 0.3) is 6.08 Å². The van der Waals surface area contributed by atoms with Crippen LogP contribution in [0.1, 0.15) is 27.0 Å². The molecule has 0 bridgehead atoms. The zero-order chi connectivity index (χ0) is 28.1. The van der Waals surface area contributed by atoms with Gasteiger partial charge >= 0.3 is 12.0 Å². The molecule has 1 aliphatic heterocycles. The van der Waals surface area contributed by atoms with E-state index in [-0.39, 0.29) is 17.9 Å². The molecule has 3 aromatic rings. The SMILES string of the molecule is COc1cc(/C=C2\NC(=O)N(CC(=O)Nc3ccc(C)cc3)C2=O)cc(I)c1OCc1ccc(C(=O)O)cc1. The molecule has 1 heterocycles. The predicted molar refractivity (Wildman–Crippen MR) is 151 cm³/mol. The number of carbonyl (C=O) groups excluding carboxylic acids is 3. The maximum atomic E-state index is 12.9. The molecule has 3 N–H and O–H groups in total. The molecule has 10 nitrogen and oxygen atoms in total. The van der Waals surface area contributed by atoms with Gasteiger partial charge in [-0.15, -0.1) is 0 Å². The van der Waals surface area contributed by atoms with Gasteiger partial charge in [0.25, 0.3) is 5.91 Å². The number of nitrogens with zero attached hydrogens (tertiary/aromatic N) is 1. The molecule has 0 saturated carbocycles. The Morgan fingerprint density at radius 2 is 1.77 bits per heavy atom. The first-order valence-electron chi connectivity index (χ1n) is 11.7. The first-order chi connectivity index (χ1) is 18.6. The monoisotopic (exact) mass is 641 g/mol. The maximum absolute atomic E-state index is 12.9. The smallest absolute Gasteiger partial charge is 0.335 e. The summed E-state index contributed by atoms with van der Waals surface area (Å²) in [5, 5.41) is 14.2. The number of benzene rings is 3. The van der Waals surface area contributed by atoms with Crippen molar-refractivity contribution in [3.8, 4) is 11.5 Å². The van der Waals surface area contributed by atoms with Gasteiger partial charge in [-0.05, 0) is 83.1 Å². The number of nitrogens with one attached hydrogen (secondary N) is 2. The van der Waals surface area contributed by atoms with E-state index >= 15 is 0 Å². The van der Waals surface area contributed by atoms with Crippen LogP contribution in [0.2, 0.25) is 0 Å². The van der Waals surface area contributed by atoms with E-state index < -0.39 is 30.4 Å². The van der Waals surface area contributed by atoms with Crippen molar-refractivity contribution in [1.29, 1.82) is 0 Å². The Morgan fingerprint density at radius 3 is 2.41 bits per heavy atom. The molecule has 3 aromatic carbocycles. The van der Waals surface area contributed by atoms with E-state index in [0.717, 1.165) is 16.0 Å². The van der Waals surface area contributed by atoms with Crippen molar-refractivity contribution in [2.45, 2.75) is 13.5 Å². The minimum atomic E-state index is -1.01. The second kappa shape index (κ2) is 12.0. The zero-order valence-electron chi connectivity index (χ0n) is 21.0. The second-order valence-electron chi connectivity index (χ2n) is 8.62. The number of rotatable bonds is 9. The highest BCUT2D eigenvalue weighted by atomic mass is 127. The molecule has 39 heavy (non-hydrogen) atoms. The molecule has 11 heteroatoms. The zero-order valence-corrected chi connectivity index (χ0v) is 23.1. The number of methoxy groups -OCH3 is 1. The highest BCUT2D eigenvalue weighted by molar-refractivity contribution is 14.1. The number of anilines is 1. The Hall–Kier alpha value is -4.39. The minimum absolute atomic E-state index is 0.0215. The summed E-state index contributed by atoms with van der Waals surface area (Å²) in [7, 11) is 1.48. The fourth-order valence-corrected chi connectivity index (χ4v) is 4.51. The molecular weight excluding hydrogens is 617 g/mol. The molecule has 1 aliphatic rings. The van der Waals surface area contributed by atoms with E-state index in [0.29, 0.717) is 26.3 Å². The summed E-state index contributed by atoms with van der Waals surface area (Å²) in [6.45, 7) is 1.67. The summed E-state index contributed by atoms with van der Waals surface area (Å²) in [4.78, 5) is 49.6. The third kappa shape index (κ3) is 6.74. The standard InChI is InChI=1S/C28H24IN3O7/c1-16-3-9-20(10-4-16)30-24(33)14-32-26(34)22(31-28(32)37)12-18-11-21(29)25(23(13-18)38-2)39-15-17-5-7-19(8-6-17)27(35)36/h3-13H,14-15H2,1-2H3,(H,30,33)(H,31,37)(H,35,36)/b22-12-. The molecule has 1 fully saturated rings. The Bertz CT molecular complexity index is 1470. The van der Waals surface area contributed by atoms with Gasteiger partial charge in [-0.2, -0.15) is 0 Å². The number of hydrogen-bond acceptors (Lipinski definition) is 6. The molecule has 1 saturated heterocycles. The van der Waals surface area contributed by atoms with Crippen LogP contribution in [0, 0.1) is 10.5 Å². The van der Waals surface area contributed by atoms with Crippen molar-refractivity contribution in [1.82, 2.24) is 10.2 Å². The van der Waals surface area contributed by atoms with Crippen LogP contribution in [-0.4, -0.2) is 47.5 Å². The number of amides is 4. The summed E-state index contributed by atoms with van der Waals surface area (Å²) in [6.07, 6.45) is 1.50. The van der Waals surface area contributed by atoms with Crippen molar-refractivity contribution < 1.29 is 33.8 Å². The summed E-state index contributed by atoms with van der Waals surface area (Å²) in [5.41, 5.74) is 3.15. The summed E-state index contributed by atoms with van der Waals surface area (Å²) in [6, 6.07) is 16.2. The lowest BCUT2D eigenvalue weighted by atomic mass is 10.1. The van der Waals surface area contributed by atoms with Crippen LogP contribution in [0.5, 0.6) is 11.5 Å². The first kappa shape index (κ1) is 27.6. The van der Waals surface area contributed by atoms with Crippen molar-refractivity contribution in [2.24, 2.45) is 0 Å². The molecule has 0 aromatic heterocycles. The van der Waals surface area contributed by atoms with Crippen LogP contribution >= 0.6 is 22.6 Å². The average molecular weight is 641 g/mol. The topological polar surface area (TPSA) is 134 Å². The van der Waals surface area contributed by atoms with E-state index in [9.17, 15) is 19.2 Å². The molecule has 0 atom stereocenters. The quantitative estimate of drug-likeness (QED) is 0.179. The normalized spacial score (nSPS) is 13.8. The summed E-state index contributed by atoms with van der Waals surface area (Å²) >= 11 is 2.07. The van der Waals surface area contributed by atoms with Crippen LogP contribution in [0.15, 0.2) is 66.4 Å². The first-order valence-corrected chi connectivity index (χ1v) is 12.8. The number of aryl methyl sites for hydroxylation is 1. The molecule has 0 spiro atoms. The Labute approximate surface area is 237 Å². The van der Waals surface area contributed by atoms with Gasteiger partial charge in [-0.25, -0.2) is 14.5 Å². The van der Waals surface area contributed by atoms with Crippen LogP contribution in [0.4, 0.5) is 10.5 Å². The van der Waals surface area contributed by atoms with Crippen molar-refractivity contribution in [3.05, 3.63) is 92.2 Å². The van der Waals surface area contributed by atoms with Gasteiger partial charge in [0, 0.05) is 5.69 Å². The molecule has 0 radical (unpaired) electrons. The van der Waals surface area contributed by atoms with Crippen molar-refractivity contribution in [2.75, 3.05) is 19.0 Å². The number of carboxylic acids is 1. The highest BCUT2D eigenvalue weighted by Gasteiger charge is 2.35. The summed E-state index contributed by atoms with van der Waals surface area (Å²) in [5.74, 6) is -1.26. The Kier molecular flexibility index (Phi) is 8.49. The van der Waals surface area contributed by atoms with Gasteiger partial charge in [0.05, 0.1) is 16.2 Å². The lowest BCUT2D eigenvalue weighted by Gasteiger charge is -2.14. The molecular formula is C28H24IN3O7. The molecule has 0 aliphatic carbocycles. The number of aromatic carboxylic acids is 1. The third-order valence-electron chi connectivity index (χ3n) is 5.75. The molecule has 4 amide bonds. The fourth-order valence-electron chi connectivity index (χ4n) is 3.73. The predicted octanol–water partition coefficient (Wildman–Crippen LogP) is 4.42. The maximum Gasteiger partial charge on any atom is 0.335 e. The van der Waals surface area contributed by atoms with Crippen LogP contribution < -0.4 is 20.1 Å². The van der Waals surface area contributed by atoms with Gasteiger partial charge in [0.15, 0.2) is 11.5 Å². The second-order valence-corrected chi connectivity index (χ2v) is 9.78. The highest BCUT2D eigenvalue weighted by Crippen LogP contribution is 2.35. The number of carbonyl (C=O) groups is 4. The largest absolute Gasteiger partial charge is 0.493 e. The van der Waals surface area contributed by atoms with Crippen molar-refractivity contribution in [3.63, 3.8) is 0 Å². The van der Waals surface area contributed by atoms with E-state index in [1.54, 1.807) is 36.4 Å². The molecule has 0 unspecified atom stereocenters. The number of carboxylic acid groups (broad SMARTS) is 1. The summed E-state index contributed by atoms with van der Waals surface area (Å²) < 4.78 is 12.1. The number of urea groups is 1. The van der Waals surface area contributed by atoms with E-state index in [2.05, 4.69) is 33.2 Å². The fraction of sp³-hybridized carbons (Fsp3) is 0.143. The van der Waals surface area contributed by atoms with Gasteiger partial charge in [0.2, 0.25) is 5.91 Å². The van der Waals surface area contributed by atoms with Gasteiger partial charge in [-0.1, -0.05) is 29.8 Å². The lowest BCUT2D eigenvalue weighted by molar-refractivity contribution is -0.127. The van der Waals surface area contributed by atoms with Crippen LogP contribution in [0.3, 0.4) is 0 Å². The number of hydrogen-bond donors (Lipinski definition) is 3. The average Bonchev–Trinajstić information content (AvgIpc) is 3.16. The van der Waals surface area contributed by atoms with E-state index in [1.165, 1.54) is 25.3 Å². The number of imide groups is 1. The van der Waals surface area contributed by atoms with Gasteiger partial charge in [0.1, 0.15) is 18.8 Å². The Morgan fingerprint density at radius 1 is 1.08 bits per heavy atom. The van der Waals surface area contributed by atoms with E-state index in [4.69, 9.17) is 14.6 Å². The van der Waals surface area contributed by atoms with Crippen LogP contribution in [-0.2, 0) is 16.2 Å². The molecule has 200 valence electrons. The lowest BCUT2D eigenvalue weighted by Crippen LogP contribution is -2.38.